The van der Waals surface area contributed by atoms with Gasteiger partial charge in [-0.1, -0.05) is 29.8 Å². The molecule has 94 valence electrons. The fourth-order valence-electron chi connectivity index (χ4n) is 2.32. The molecule has 4 heteroatoms. The normalized spacial score (nSPS) is 24.7. The highest BCUT2D eigenvalue weighted by Gasteiger charge is 2.31. The van der Waals surface area contributed by atoms with Crippen LogP contribution in [0.3, 0.4) is 0 Å². The van der Waals surface area contributed by atoms with Gasteiger partial charge < -0.3 is 5.73 Å². The third-order valence-corrected chi connectivity index (χ3v) is 5.26. The van der Waals surface area contributed by atoms with E-state index in [2.05, 4.69) is 24.3 Å². The average molecular weight is 253 g/mol. The molecule has 0 amide bonds. The Morgan fingerprint density at radius 1 is 1.35 bits per heavy atom. The summed E-state index contributed by atoms with van der Waals surface area (Å²) in [5.74, 6) is 0.695. The Hall–Kier alpha value is -0.870. The van der Waals surface area contributed by atoms with Gasteiger partial charge in [0, 0.05) is 6.04 Å². The van der Waals surface area contributed by atoms with Crippen molar-refractivity contribution in [3.8, 4) is 0 Å². The van der Waals surface area contributed by atoms with Crippen LogP contribution in [0.1, 0.15) is 17.5 Å². The molecule has 2 N–H and O–H groups in total. The SMILES string of the molecule is Cc1ccc(CC(N)C2CCS(=O)(=O)C2)cc1. The molecule has 0 aromatic heterocycles. The minimum absolute atomic E-state index is 0.0463. The first-order chi connectivity index (χ1) is 7.96. The number of hydrogen-bond donors (Lipinski definition) is 1. The Morgan fingerprint density at radius 3 is 2.53 bits per heavy atom. The minimum atomic E-state index is -2.82. The Labute approximate surface area is 103 Å². The molecule has 2 rings (SSSR count). The van der Waals surface area contributed by atoms with Crippen molar-refractivity contribution in [2.24, 2.45) is 11.7 Å². The van der Waals surface area contributed by atoms with Crippen LogP contribution in [0, 0.1) is 12.8 Å². The van der Waals surface area contributed by atoms with Crippen molar-refractivity contribution in [3.05, 3.63) is 35.4 Å². The van der Waals surface area contributed by atoms with Gasteiger partial charge in [0.05, 0.1) is 11.5 Å². The Bertz CT molecular complexity index is 479. The van der Waals surface area contributed by atoms with E-state index in [1.54, 1.807) is 0 Å². The van der Waals surface area contributed by atoms with Crippen LogP contribution >= 0.6 is 0 Å². The zero-order chi connectivity index (χ0) is 12.5. The molecule has 0 radical (unpaired) electrons. The number of nitrogens with two attached hydrogens (primary N) is 1. The zero-order valence-electron chi connectivity index (χ0n) is 10.1. The monoisotopic (exact) mass is 253 g/mol. The summed E-state index contributed by atoms with van der Waals surface area (Å²) in [7, 11) is -2.82. The summed E-state index contributed by atoms with van der Waals surface area (Å²) in [5.41, 5.74) is 8.52. The molecule has 17 heavy (non-hydrogen) atoms. The number of aryl methyl sites for hydroxylation is 1. The third kappa shape index (κ3) is 3.30. The van der Waals surface area contributed by atoms with Gasteiger partial charge in [0.1, 0.15) is 0 Å². The average Bonchev–Trinajstić information content (AvgIpc) is 2.62. The Balaban J connectivity index is 1.98. The highest BCUT2D eigenvalue weighted by Crippen LogP contribution is 2.22. The summed E-state index contributed by atoms with van der Waals surface area (Å²) >= 11 is 0. The molecular weight excluding hydrogens is 234 g/mol. The van der Waals surface area contributed by atoms with Gasteiger partial charge in [0.15, 0.2) is 9.84 Å². The summed E-state index contributed by atoms with van der Waals surface area (Å²) in [5, 5.41) is 0. The van der Waals surface area contributed by atoms with Crippen LogP contribution in [-0.2, 0) is 16.3 Å². The lowest BCUT2D eigenvalue weighted by Crippen LogP contribution is -2.33. The zero-order valence-corrected chi connectivity index (χ0v) is 10.9. The van der Waals surface area contributed by atoms with E-state index in [1.807, 2.05) is 6.92 Å². The lowest BCUT2D eigenvalue weighted by molar-refractivity contribution is 0.461. The quantitative estimate of drug-likeness (QED) is 0.883. The van der Waals surface area contributed by atoms with Crippen molar-refractivity contribution in [1.29, 1.82) is 0 Å². The molecular formula is C13H19NO2S. The van der Waals surface area contributed by atoms with Crippen molar-refractivity contribution in [2.45, 2.75) is 25.8 Å². The molecule has 2 unspecified atom stereocenters. The van der Waals surface area contributed by atoms with E-state index in [-0.39, 0.29) is 17.7 Å². The van der Waals surface area contributed by atoms with E-state index in [1.165, 1.54) is 11.1 Å². The second-order valence-corrected chi connectivity index (χ2v) is 7.25. The van der Waals surface area contributed by atoms with Gasteiger partial charge in [-0.25, -0.2) is 8.42 Å². The summed E-state index contributed by atoms with van der Waals surface area (Å²) < 4.78 is 22.8. The number of benzene rings is 1. The van der Waals surface area contributed by atoms with Gasteiger partial charge in [0.25, 0.3) is 0 Å². The van der Waals surface area contributed by atoms with Crippen LogP contribution in [0.25, 0.3) is 0 Å². The molecule has 1 fully saturated rings. The van der Waals surface area contributed by atoms with Crippen LogP contribution < -0.4 is 5.73 Å². The first kappa shape index (κ1) is 12.6. The topological polar surface area (TPSA) is 60.2 Å². The van der Waals surface area contributed by atoms with Crippen LogP contribution in [0.4, 0.5) is 0 Å². The molecule has 2 atom stereocenters. The fourth-order valence-corrected chi connectivity index (χ4v) is 4.22. The lowest BCUT2D eigenvalue weighted by Gasteiger charge is -2.17. The van der Waals surface area contributed by atoms with Crippen molar-refractivity contribution >= 4 is 9.84 Å². The molecule has 0 spiro atoms. The Kier molecular flexibility index (Phi) is 3.54. The van der Waals surface area contributed by atoms with E-state index in [9.17, 15) is 8.42 Å². The molecule has 3 nitrogen and oxygen atoms in total. The van der Waals surface area contributed by atoms with Crippen LogP contribution in [0.5, 0.6) is 0 Å². The van der Waals surface area contributed by atoms with E-state index in [0.717, 1.165) is 12.8 Å². The van der Waals surface area contributed by atoms with Crippen molar-refractivity contribution in [2.75, 3.05) is 11.5 Å². The van der Waals surface area contributed by atoms with E-state index >= 15 is 0 Å². The summed E-state index contributed by atoms with van der Waals surface area (Å²) in [4.78, 5) is 0. The van der Waals surface area contributed by atoms with E-state index in [0.29, 0.717) is 5.75 Å². The maximum atomic E-state index is 11.4. The number of rotatable bonds is 3. The van der Waals surface area contributed by atoms with Gasteiger partial charge in [-0.05, 0) is 31.2 Å². The molecule has 1 heterocycles. The minimum Gasteiger partial charge on any atom is -0.327 e. The molecule has 1 aliphatic rings. The first-order valence-corrected chi connectivity index (χ1v) is 7.80. The standard InChI is InChI=1S/C13H19NO2S/c1-10-2-4-11(5-3-10)8-13(14)12-6-7-17(15,16)9-12/h2-5,12-13H,6-9,14H2,1H3. The predicted molar refractivity (Wildman–Crippen MR) is 69.6 cm³/mol. The highest BCUT2D eigenvalue weighted by molar-refractivity contribution is 7.91. The lowest BCUT2D eigenvalue weighted by atomic mass is 9.93. The molecule has 0 bridgehead atoms. The number of sulfone groups is 1. The summed E-state index contributed by atoms with van der Waals surface area (Å²) in [6, 6.07) is 8.22. The van der Waals surface area contributed by atoms with Crippen molar-refractivity contribution in [1.82, 2.24) is 0 Å². The molecule has 1 aromatic rings. The fraction of sp³-hybridized carbons (Fsp3) is 0.538. The van der Waals surface area contributed by atoms with Gasteiger partial charge in [-0.15, -0.1) is 0 Å². The van der Waals surface area contributed by atoms with E-state index in [4.69, 9.17) is 5.73 Å². The molecule has 1 aliphatic heterocycles. The van der Waals surface area contributed by atoms with Crippen LogP contribution in [-0.4, -0.2) is 26.0 Å². The van der Waals surface area contributed by atoms with Crippen LogP contribution in [0.15, 0.2) is 24.3 Å². The van der Waals surface area contributed by atoms with Crippen molar-refractivity contribution < 1.29 is 8.42 Å². The van der Waals surface area contributed by atoms with Gasteiger partial charge in [0.2, 0.25) is 0 Å². The molecule has 0 aliphatic carbocycles. The van der Waals surface area contributed by atoms with Gasteiger partial charge >= 0.3 is 0 Å². The van der Waals surface area contributed by atoms with Crippen molar-refractivity contribution in [3.63, 3.8) is 0 Å². The van der Waals surface area contributed by atoms with Gasteiger partial charge in [-0.3, -0.25) is 0 Å². The second-order valence-electron chi connectivity index (χ2n) is 5.02. The largest absolute Gasteiger partial charge is 0.327 e. The summed E-state index contributed by atoms with van der Waals surface area (Å²) in [6.45, 7) is 2.05. The predicted octanol–water partition coefficient (Wildman–Crippen LogP) is 1.30. The number of hydrogen-bond acceptors (Lipinski definition) is 3. The molecule has 1 aromatic carbocycles. The van der Waals surface area contributed by atoms with Crippen LogP contribution in [0.2, 0.25) is 0 Å². The first-order valence-electron chi connectivity index (χ1n) is 5.98. The van der Waals surface area contributed by atoms with Gasteiger partial charge in [-0.2, -0.15) is 0 Å². The smallest absolute Gasteiger partial charge is 0.150 e. The summed E-state index contributed by atoms with van der Waals surface area (Å²) in [6.07, 6.45) is 1.48. The maximum absolute atomic E-state index is 11.4. The molecule has 1 saturated heterocycles. The Morgan fingerprint density at radius 2 is 2.00 bits per heavy atom. The molecule has 0 saturated carbocycles. The maximum Gasteiger partial charge on any atom is 0.150 e. The second kappa shape index (κ2) is 4.78. The van der Waals surface area contributed by atoms with E-state index < -0.39 is 9.84 Å². The highest BCUT2D eigenvalue weighted by atomic mass is 32.2. The third-order valence-electron chi connectivity index (χ3n) is 3.47.